The summed E-state index contributed by atoms with van der Waals surface area (Å²) in [5, 5.41) is 2.61. The van der Waals surface area contributed by atoms with Gasteiger partial charge >= 0.3 is 0 Å². The van der Waals surface area contributed by atoms with E-state index in [1.807, 2.05) is 30.3 Å². The lowest BCUT2D eigenvalue weighted by Gasteiger charge is -2.06. The zero-order valence-electron chi connectivity index (χ0n) is 7.75. The lowest BCUT2D eigenvalue weighted by Crippen LogP contribution is -1.87. The van der Waals surface area contributed by atoms with Crippen LogP contribution in [-0.2, 0) is 0 Å². The Morgan fingerprint density at radius 2 is 2.00 bits per heavy atom. The average Bonchev–Trinajstić information content (AvgIpc) is 2.18. The Morgan fingerprint density at radius 3 is 2.71 bits per heavy atom. The van der Waals surface area contributed by atoms with E-state index in [0.717, 1.165) is 16.5 Å². The molecule has 0 unspecified atom stereocenters. The molecule has 0 fully saturated rings. The summed E-state index contributed by atoms with van der Waals surface area (Å²) >= 11 is 6.13. The van der Waals surface area contributed by atoms with Gasteiger partial charge in [0.25, 0.3) is 0 Å². The van der Waals surface area contributed by atoms with Crippen LogP contribution >= 0.6 is 11.6 Å². The Hall–Kier alpha value is -1.41. The van der Waals surface area contributed by atoms with Crippen LogP contribution in [0, 0.1) is 0 Å². The van der Waals surface area contributed by atoms with Gasteiger partial charge in [0, 0.05) is 11.1 Å². The largest absolute Gasteiger partial charge is 0.495 e. The van der Waals surface area contributed by atoms with Gasteiger partial charge in [-0.1, -0.05) is 23.7 Å². The predicted octanol–water partition coefficient (Wildman–Crippen LogP) is 3.08. The second kappa shape index (κ2) is 3.39. The summed E-state index contributed by atoms with van der Waals surface area (Å²) in [7, 11) is 1.60. The molecular weight excluding hydrogens is 198 g/mol. The molecule has 0 aromatic heterocycles. The maximum Gasteiger partial charge on any atom is 0.138 e. The highest BCUT2D eigenvalue weighted by molar-refractivity contribution is 6.37. The third kappa shape index (κ3) is 1.38. The normalized spacial score (nSPS) is 10.4. The minimum atomic E-state index is 0.630. The zero-order valence-corrected chi connectivity index (χ0v) is 8.51. The van der Waals surface area contributed by atoms with Gasteiger partial charge in [0.15, 0.2) is 0 Å². The Labute approximate surface area is 87.2 Å². The van der Waals surface area contributed by atoms with E-state index in [2.05, 4.69) is 0 Å². The number of benzene rings is 2. The van der Waals surface area contributed by atoms with E-state index in [1.54, 1.807) is 7.11 Å². The summed E-state index contributed by atoms with van der Waals surface area (Å²) in [4.78, 5) is 0. The van der Waals surface area contributed by atoms with Gasteiger partial charge in [-0.2, -0.15) is 0 Å². The fourth-order valence-electron chi connectivity index (χ4n) is 1.45. The molecule has 0 saturated heterocycles. The molecule has 0 aliphatic heterocycles. The molecule has 2 rings (SSSR count). The molecule has 0 heterocycles. The topological polar surface area (TPSA) is 35.2 Å². The minimum absolute atomic E-state index is 0.630. The molecule has 2 aromatic rings. The van der Waals surface area contributed by atoms with Crippen molar-refractivity contribution in [2.24, 2.45) is 0 Å². The van der Waals surface area contributed by atoms with Crippen LogP contribution in [-0.4, -0.2) is 7.11 Å². The molecule has 0 saturated carbocycles. The molecule has 2 N–H and O–H groups in total. The maximum absolute atomic E-state index is 6.13. The average molecular weight is 208 g/mol. The van der Waals surface area contributed by atoms with Gasteiger partial charge in [-0.25, -0.2) is 0 Å². The fourth-order valence-corrected chi connectivity index (χ4v) is 1.76. The minimum Gasteiger partial charge on any atom is -0.495 e. The highest BCUT2D eigenvalue weighted by atomic mass is 35.5. The molecule has 14 heavy (non-hydrogen) atoms. The zero-order chi connectivity index (χ0) is 10.1. The van der Waals surface area contributed by atoms with Gasteiger partial charge < -0.3 is 10.5 Å². The number of rotatable bonds is 1. The van der Waals surface area contributed by atoms with Crippen molar-refractivity contribution < 1.29 is 4.74 Å². The predicted molar refractivity (Wildman–Crippen MR) is 59.9 cm³/mol. The molecule has 2 aromatic carbocycles. The second-order valence-electron chi connectivity index (χ2n) is 3.06. The standard InChI is InChI=1S/C11H10ClNO/c1-14-10-5-2-7-6-8(13)3-4-9(7)11(10)12/h2-6H,13H2,1H3. The first-order valence-electron chi connectivity index (χ1n) is 4.24. The van der Waals surface area contributed by atoms with Gasteiger partial charge in [-0.3, -0.25) is 0 Å². The third-order valence-electron chi connectivity index (χ3n) is 2.16. The highest BCUT2D eigenvalue weighted by Crippen LogP contribution is 2.33. The SMILES string of the molecule is COc1ccc2cc(N)ccc2c1Cl. The van der Waals surface area contributed by atoms with Crippen molar-refractivity contribution >= 4 is 28.1 Å². The smallest absolute Gasteiger partial charge is 0.138 e. The van der Waals surface area contributed by atoms with Crippen LogP contribution in [0.5, 0.6) is 5.75 Å². The van der Waals surface area contributed by atoms with Crippen LogP contribution in [0.2, 0.25) is 5.02 Å². The van der Waals surface area contributed by atoms with Crippen molar-refractivity contribution in [3.63, 3.8) is 0 Å². The lowest BCUT2D eigenvalue weighted by molar-refractivity contribution is 0.415. The van der Waals surface area contributed by atoms with Crippen molar-refractivity contribution in [2.45, 2.75) is 0 Å². The number of nitrogens with two attached hydrogens (primary N) is 1. The summed E-state index contributed by atoms with van der Waals surface area (Å²) in [5.74, 6) is 0.684. The van der Waals surface area contributed by atoms with E-state index in [-0.39, 0.29) is 0 Å². The van der Waals surface area contributed by atoms with Crippen LogP contribution in [0.15, 0.2) is 30.3 Å². The number of halogens is 1. The van der Waals surface area contributed by atoms with E-state index in [9.17, 15) is 0 Å². The monoisotopic (exact) mass is 207 g/mol. The second-order valence-corrected chi connectivity index (χ2v) is 3.44. The number of anilines is 1. The molecule has 3 heteroatoms. The first-order valence-corrected chi connectivity index (χ1v) is 4.62. The number of hydrogen-bond acceptors (Lipinski definition) is 2. The van der Waals surface area contributed by atoms with Gasteiger partial charge in [0.2, 0.25) is 0 Å². The molecule has 0 radical (unpaired) electrons. The highest BCUT2D eigenvalue weighted by Gasteiger charge is 2.05. The Kier molecular flexibility index (Phi) is 2.22. The molecule has 2 nitrogen and oxygen atoms in total. The number of methoxy groups -OCH3 is 1. The van der Waals surface area contributed by atoms with Crippen LogP contribution in [0.3, 0.4) is 0 Å². The molecule has 0 atom stereocenters. The Bertz CT molecular complexity index is 482. The number of ether oxygens (including phenoxy) is 1. The van der Waals surface area contributed by atoms with Crippen molar-refractivity contribution in [1.29, 1.82) is 0 Å². The van der Waals surface area contributed by atoms with Crippen molar-refractivity contribution in [2.75, 3.05) is 12.8 Å². The van der Waals surface area contributed by atoms with Crippen LogP contribution < -0.4 is 10.5 Å². The first-order chi connectivity index (χ1) is 6.72. The van der Waals surface area contributed by atoms with E-state index in [1.165, 1.54) is 0 Å². The van der Waals surface area contributed by atoms with Crippen LogP contribution in [0.4, 0.5) is 5.69 Å². The van der Waals surface area contributed by atoms with Gasteiger partial charge in [0.1, 0.15) is 5.75 Å². The summed E-state index contributed by atoms with van der Waals surface area (Å²) in [6, 6.07) is 9.39. The molecule has 0 amide bonds. The van der Waals surface area contributed by atoms with Crippen molar-refractivity contribution in [3.05, 3.63) is 35.4 Å². The quantitative estimate of drug-likeness (QED) is 0.730. The van der Waals surface area contributed by atoms with E-state index in [0.29, 0.717) is 10.8 Å². The van der Waals surface area contributed by atoms with Crippen molar-refractivity contribution in [3.8, 4) is 5.75 Å². The molecule has 0 bridgehead atoms. The molecule has 0 aliphatic rings. The van der Waals surface area contributed by atoms with Gasteiger partial charge in [-0.15, -0.1) is 0 Å². The Balaban J connectivity index is 2.77. The van der Waals surface area contributed by atoms with E-state index in [4.69, 9.17) is 22.1 Å². The maximum atomic E-state index is 6.13. The lowest BCUT2D eigenvalue weighted by atomic mass is 10.1. The van der Waals surface area contributed by atoms with E-state index < -0.39 is 0 Å². The molecular formula is C11H10ClNO. The summed E-state index contributed by atoms with van der Waals surface area (Å²) in [6.07, 6.45) is 0. The number of nitrogen functional groups attached to an aromatic ring is 1. The van der Waals surface area contributed by atoms with Crippen LogP contribution in [0.25, 0.3) is 10.8 Å². The summed E-state index contributed by atoms with van der Waals surface area (Å²) in [5.41, 5.74) is 6.41. The third-order valence-corrected chi connectivity index (χ3v) is 2.55. The van der Waals surface area contributed by atoms with Crippen molar-refractivity contribution in [1.82, 2.24) is 0 Å². The number of hydrogen-bond donors (Lipinski definition) is 1. The molecule has 0 spiro atoms. The molecule has 0 aliphatic carbocycles. The summed E-state index contributed by atoms with van der Waals surface area (Å²) < 4.78 is 5.12. The van der Waals surface area contributed by atoms with Gasteiger partial charge in [0.05, 0.1) is 12.1 Å². The molecule has 72 valence electrons. The van der Waals surface area contributed by atoms with Gasteiger partial charge in [-0.05, 0) is 23.6 Å². The number of fused-ring (bicyclic) bond motifs is 1. The van der Waals surface area contributed by atoms with E-state index >= 15 is 0 Å². The Morgan fingerprint density at radius 1 is 1.21 bits per heavy atom. The fraction of sp³-hybridized carbons (Fsp3) is 0.0909. The summed E-state index contributed by atoms with van der Waals surface area (Å²) in [6.45, 7) is 0. The first kappa shape index (κ1) is 9.16. The van der Waals surface area contributed by atoms with Crippen LogP contribution in [0.1, 0.15) is 0 Å².